The monoisotopic (exact) mass is 249 g/mol. The summed E-state index contributed by atoms with van der Waals surface area (Å²) in [5.41, 5.74) is 8.01. The van der Waals surface area contributed by atoms with Crippen molar-refractivity contribution in [3.63, 3.8) is 0 Å². The normalized spacial score (nSPS) is 10.8. The lowest BCUT2D eigenvalue weighted by Gasteiger charge is -2.13. The molecule has 0 unspecified atom stereocenters. The molecule has 18 heavy (non-hydrogen) atoms. The second kappa shape index (κ2) is 6.28. The summed E-state index contributed by atoms with van der Waals surface area (Å²) in [5, 5.41) is 6.10. The first-order valence-corrected chi connectivity index (χ1v) is 6.34. The second-order valence-corrected chi connectivity index (χ2v) is 5.20. The molecule has 0 heterocycles. The van der Waals surface area contributed by atoms with Crippen molar-refractivity contribution >= 4 is 17.3 Å². The molecule has 1 rings (SSSR count). The van der Waals surface area contributed by atoms with Crippen molar-refractivity contribution in [3.8, 4) is 0 Å². The average molecular weight is 249 g/mol. The molecule has 0 spiro atoms. The average Bonchev–Trinajstić information content (AvgIpc) is 2.26. The molecular formula is C14H23N3O. The van der Waals surface area contributed by atoms with Gasteiger partial charge in [0.1, 0.15) is 0 Å². The van der Waals surface area contributed by atoms with E-state index in [1.54, 1.807) is 12.1 Å². The maximum Gasteiger partial charge on any atom is 0.251 e. The van der Waals surface area contributed by atoms with Crippen LogP contribution in [0.5, 0.6) is 0 Å². The summed E-state index contributed by atoms with van der Waals surface area (Å²) in [6.07, 6.45) is 0. The highest BCUT2D eigenvalue weighted by molar-refractivity contribution is 5.96. The van der Waals surface area contributed by atoms with Crippen molar-refractivity contribution in [2.75, 3.05) is 17.6 Å². The number of hydrogen-bond donors (Lipinski definition) is 3. The van der Waals surface area contributed by atoms with Crippen LogP contribution in [-0.4, -0.2) is 18.5 Å². The largest absolute Gasteiger partial charge is 0.397 e. The van der Waals surface area contributed by atoms with Crippen molar-refractivity contribution < 1.29 is 4.79 Å². The maximum atomic E-state index is 11.8. The molecule has 0 atom stereocenters. The van der Waals surface area contributed by atoms with E-state index in [9.17, 15) is 4.79 Å². The molecule has 0 bridgehead atoms. The summed E-state index contributed by atoms with van der Waals surface area (Å²) in [7, 11) is 0. The summed E-state index contributed by atoms with van der Waals surface area (Å²) in [6.45, 7) is 8.99. The Morgan fingerprint density at radius 1 is 1.28 bits per heavy atom. The maximum absolute atomic E-state index is 11.8. The van der Waals surface area contributed by atoms with Crippen LogP contribution >= 0.6 is 0 Å². The standard InChI is InChI=1S/C14H23N3O/c1-9(2)8-16-13-6-5-11(7-12(13)15)14(18)17-10(3)4/h5-7,9-10,16H,8,15H2,1-4H3,(H,17,18). The summed E-state index contributed by atoms with van der Waals surface area (Å²) in [5.74, 6) is 0.459. The molecule has 1 aromatic rings. The van der Waals surface area contributed by atoms with Crippen LogP contribution in [0, 0.1) is 5.92 Å². The summed E-state index contributed by atoms with van der Waals surface area (Å²) in [4.78, 5) is 11.8. The van der Waals surface area contributed by atoms with E-state index in [1.807, 2.05) is 19.9 Å². The Hall–Kier alpha value is -1.71. The zero-order valence-corrected chi connectivity index (χ0v) is 11.6. The van der Waals surface area contributed by atoms with Gasteiger partial charge in [0.25, 0.3) is 5.91 Å². The lowest BCUT2D eigenvalue weighted by atomic mass is 10.1. The summed E-state index contributed by atoms with van der Waals surface area (Å²) < 4.78 is 0. The van der Waals surface area contributed by atoms with E-state index in [0.717, 1.165) is 12.2 Å². The topological polar surface area (TPSA) is 67.2 Å². The molecule has 0 aliphatic carbocycles. The van der Waals surface area contributed by atoms with Gasteiger partial charge in [-0.3, -0.25) is 4.79 Å². The predicted molar refractivity (Wildman–Crippen MR) is 76.8 cm³/mol. The fraction of sp³-hybridized carbons (Fsp3) is 0.500. The first-order chi connectivity index (χ1) is 8.40. The summed E-state index contributed by atoms with van der Waals surface area (Å²) in [6, 6.07) is 5.47. The molecular weight excluding hydrogens is 226 g/mol. The predicted octanol–water partition coefficient (Wildman–Crippen LogP) is 2.47. The first-order valence-electron chi connectivity index (χ1n) is 6.34. The third-order valence-corrected chi connectivity index (χ3v) is 2.43. The Balaban J connectivity index is 2.75. The molecule has 1 aromatic carbocycles. The highest BCUT2D eigenvalue weighted by atomic mass is 16.1. The van der Waals surface area contributed by atoms with Crippen LogP contribution in [0.25, 0.3) is 0 Å². The summed E-state index contributed by atoms with van der Waals surface area (Å²) >= 11 is 0. The Kier molecular flexibility index (Phi) is 5.01. The molecule has 4 heteroatoms. The van der Waals surface area contributed by atoms with E-state index in [-0.39, 0.29) is 11.9 Å². The molecule has 4 nitrogen and oxygen atoms in total. The van der Waals surface area contributed by atoms with E-state index in [4.69, 9.17) is 5.73 Å². The van der Waals surface area contributed by atoms with Crippen molar-refractivity contribution in [2.24, 2.45) is 5.92 Å². The number of nitrogen functional groups attached to an aromatic ring is 1. The first kappa shape index (κ1) is 14.4. The number of carbonyl (C=O) groups is 1. The Bertz CT molecular complexity index is 414. The minimum absolute atomic E-state index is 0.0906. The lowest BCUT2D eigenvalue weighted by Crippen LogP contribution is -2.30. The molecule has 100 valence electrons. The lowest BCUT2D eigenvalue weighted by molar-refractivity contribution is 0.0943. The van der Waals surface area contributed by atoms with Crippen LogP contribution in [0.2, 0.25) is 0 Å². The van der Waals surface area contributed by atoms with Gasteiger partial charge in [-0.05, 0) is 38.0 Å². The van der Waals surface area contributed by atoms with Gasteiger partial charge in [0.2, 0.25) is 0 Å². The van der Waals surface area contributed by atoms with Crippen molar-refractivity contribution in [2.45, 2.75) is 33.7 Å². The molecule has 1 amide bonds. The van der Waals surface area contributed by atoms with Crippen LogP contribution in [0.3, 0.4) is 0 Å². The van der Waals surface area contributed by atoms with E-state index in [2.05, 4.69) is 24.5 Å². The zero-order valence-electron chi connectivity index (χ0n) is 11.6. The number of nitrogens with one attached hydrogen (secondary N) is 2. The van der Waals surface area contributed by atoms with Crippen molar-refractivity contribution in [1.29, 1.82) is 0 Å². The van der Waals surface area contributed by atoms with Crippen LogP contribution in [0.15, 0.2) is 18.2 Å². The number of hydrogen-bond acceptors (Lipinski definition) is 3. The van der Waals surface area contributed by atoms with Gasteiger partial charge in [-0.2, -0.15) is 0 Å². The second-order valence-electron chi connectivity index (χ2n) is 5.20. The fourth-order valence-electron chi connectivity index (χ4n) is 1.52. The van der Waals surface area contributed by atoms with Crippen molar-refractivity contribution in [1.82, 2.24) is 5.32 Å². The van der Waals surface area contributed by atoms with Crippen LogP contribution in [-0.2, 0) is 0 Å². The molecule has 0 aromatic heterocycles. The van der Waals surface area contributed by atoms with E-state index < -0.39 is 0 Å². The van der Waals surface area contributed by atoms with Gasteiger partial charge in [-0.1, -0.05) is 13.8 Å². The number of nitrogens with two attached hydrogens (primary N) is 1. The molecule has 0 radical (unpaired) electrons. The van der Waals surface area contributed by atoms with Gasteiger partial charge in [0, 0.05) is 18.2 Å². The molecule has 0 fully saturated rings. The minimum Gasteiger partial charge on any atom is -0.397 e. The SMILES string of the molecule is CC(C)CNc1ccc(C(=O)NC(C)C)cc1N. The Labute approximate surface area is 109 Å². The number of carbonyl (C=O) groups excluding carboxylic acids is 1. The molecule has 0 aliphatic rings. The molecule has 0 saturated heterocycles. The van der Waals surface area contributed by atoms with Crippen molar-refractivity contribution in [3.05, 3.63) is 23.8 Å². The quantitative estimate of drug-likeness (QED) is 0.702. The Morgan fingerprint density at radius 3 is 2.44 bits per heavy atom. The van der Waals surface area contributed by atoms with Crippen LogP contribution < -0.4 is 16.4 Å². The van der Waals surface area contributed by atoms with E-state index in [1.165, 1.54) is 0 Å². The van der Waals surface area contributed by atoms with Gasteiger partial charge in [-0.25, -0.2) is 0 Å². The van der Waals surface area contributed by atoms with Gasteiger partial charge in [0.05, 0.1) is 11.4 Å². The fourth-order valence-corrected chi connectivity index (χ4v) is 1.52. The van der Waals surface area contributed by atoms with Gasteiger partial charge >= 0.3 is 0 Å². The third kappa shape index (κ3) is 4.28. The molecule has 4 N–H and O–H groups in total. The van der Waals surface area contributed by atoms with Crippen LogP contribution in [0.4, 0.5) is 11.4 Å². The molecule has 0 saturated carbocycles. The number of rotatable bonds is 5. The highest BCUT2D eigenvalue weighted by Crippen LogP contribution is 2.20. The third-order valence-electron chi connectivity index (χ3n) is 2.43. The number of benzene rings is 1. The zero-order chi connectivity index (χ0) is 13.7. The Morgan fingerprint density at radius 2 is 1.94 bits per heavy atom. The van der Waals surface area contributed by atoms with Gasteiger partial charge < -0.3 is 16.4 Å². The number of amides is 1. The van der Waals surface area contributed by atoms with E-state index in [0.29, 0.717) is 17.2 Å². The van der Waals surface area contributed by atoms with E-state index >= 15 is 0 Å². The smallest absolute Gasteiger partial charge is 0.251 e. The van der Waals surface area contributed by atoms with Gasteiger partial charge in [-0.15, -0.1) is 0 Å². The molecule has 0 aliphatic heterocycles. The highest BCUT2D eigenvalue weighted by Gasteiger charge is 2.09. The number of anilines is 2. The van der Waals surface area contributed by atoms with Gasteiger partial charge in [0.15, 0.2) is 0 Å². The van der Waals surface area contributed by atoms with Crippen LogP contribution in [0.1, 0.15) is 38.1 Å². The minimum atomic E-state index is -0.0906.